The van der Waals surface area contributed by atoms with Crippen LogP contribution in [0.25, 0.3) is 0 Å². The van der Waals surface area contributed by atoms with E-state index in [-0.39, 0.29) is 16.1 Å². The van der Waals surface area contributed by atoms with E-state index in [1.807, 2.05) is 18.2 Å². The Bertz CT molecular complexity index is 450. The van der Waals surface area contributed by atoms with E-state index in [9.17, 15) is 4.79 Å². The van der Waals surface area contributed by atoms with Crippen molar-refractivity contribution in [3.05, 3.63) is 29.8 Å². The maximum absolute atomic E-state index is 12.6. The van der Waals surface area contributed by atoms with Gasteiger partial charge in [0.15, 0.2) is 0 Å². The quantitative estimate of drug-likeness (QED) is 0.771. The van der Waals surface area contributed by atoms with Crippen LogP contribution >= 0.6 is 15.9 Å². The summed E-state index contributed by atoms with van der Waals surface area (Å²) in [5.41, 5.74) is 1.94. The molecule has 1 N–H and O–H groups in total. The Morgan fingerprint density at radius 1 is 1.37 bits per heavy atom. The fourth-order valence-electron chi connectivity index (χ4n) is 3.01. The van der Waals surface area contributed by atoms with E-state index < -0.39 is 0 Å². The standard InChI is InChI=1S/C16H22BrNO/c1-3-16(10-6-7-11-16)15(19)18-14-9-5-4-8-13(14)12(2)17/h4-5,8-9,12H,3,6-7,10-11H2,1-2H3,(H,18,19). The second-order valence-corrected chi connectivity index (χ2v) is 6.87. The molecule has 2 rings (SSSR count). The maximum Gasteiger partial charge on any atom is 0.230 e. The van der Waals surface area contributed by atoms with Gasteiger partial charge in [-0.2, -0.15) is 0 Å². The van der Waals surface area contributed by atoms with Crippen molar-refractivity contribution in [2.45, 2.75) is 50.8 Å². The van der Waals surface area contributed by atoms with E-state index in [1.54, 1.807) is 0 Å². The first kappa shape index (κ1) is 14.6. The van der Waals surface area contributed by atoms with E-state index in [2.05, 4.69) is 41.2 Å². The van der Waals surface area contributed by atoms with Gasteiger partial charge in [-0.1, -0.05) is 53.9 Å². The number of alkyl halides is 1. The molecule has 19 heavy (non-hydrogen) atoms. The van der Waals surface area contributed by atoms with Gasteiger partial charge in [-0.15, -0.1) is 0 Å². The number of benzene rings is 1. The average molecular weight is 324 g/mol. The van der Waals surface area contributed by atoms with Gasteiger partial charge in [0.1, 0.15) is 0 Å². The molecule has 3 heteroatoms. The number of para-hydroxylation sites is 1. The summed E-state index contributed by atoms with van der Waals surface area (Å²) in [4.78, 5) is 12.9. The van der Waals surface area contributed by atoms with Gasteiger partial charge in [0.25, 0.3) is 0 Å². The van der Waals surface area contributed by atoms with Crippen molar-refractivity contribution in [3.8, 4) is 0 Å². The van der Waals surface area contributed by atoms with E-state index in [4.69, 9.17) is 0 Å². The molecular formula is C16H22BrNO. The minimum atomic E-state index is -0.136. The zero-order valence-corrected chi connectivity index (χ0v) is 13.3. The van der Waals surface area contributed by atoms with Gasteiger partial charge in [0.05, 0.1) is 0 Å². The summed E-state index contributed by atoms with van der Waals surface area (Å²) in [6.07, 6.45) is 5.35. The normalized spacial score (nSPS) is 19.1. The lowest BCUT2D eigenvalue weighted by Gasteiger charge is -2.27. The predicted octanol–water partition coefficient (Wildman–Crippen LogP) is 5.05. The number of halogens is 1. The molecule has 1 aliphatic rings. The third kappa shape index (κ3) is 3.02. The van der Waals surface area contributed by atoms with Gasteiger partial charge in [-0.25, -0.2) is 0 Å². The lowest BCUT2D eigenvalue weighted by Crippen LogP contribution is -2.33. The van der Waals surface area contributed by atoms with Crippen LogP contribution in [0.15, 0.2) is 24.3 Å². The highest BCUT2D eigenvalue weighted by Crippen LogP contribution is 2.42. The van der Waals surface area contributed by atoms with Crippen molar-refractivity contribution in [2.24, 2.45) is 5.41 Å². The molecule has 0 aromatic heterocycles. The van der Waals surface area contributed by atoms with Crippen molar-refractivity contribution < 1.29 is 4.79 Å². The topological polar surface area (TPSA) is 29.1 Å². The van der Waals surface area contributed by atoms with Crippen LogP contribution in [0.2, 0.25) is 0 Å². The molecule has 0 aliphatic heterocycles. The Labute approximate surface area is 124 Å². The minimum absolute atomic E-state index is 0.136. The van der Waals surface area contributed by atoms with Crippen LogP contribution < -0.4 is 5.32 Å². The highest BCUT2D eigenvalue weighted by atomic mass is 79.9. The summed E-state index contributed by atoms with van der Waals surface area (Å²) in [5.74, 6) is 0.202. The summed E-state index contributed by atoms with van der Waals surface area (Å²) in [6.45, 7) is 4.21. The van der Waals surface area contributed by atoms with Crippen LogP contribution in [0.5, 0.6) is 0 Å². The monoisotopic (exact) mass is 323 g/mol. The van der Waals surface area contributed by atoms with Gasteiger partial charge >= 0.3 is 0 Å². The number of carbonyl (C=O) groups excluding carboxylic acids is 1. The fraction of sp³-hybridized carbons (Fsp3) is 0.562. The predicted molar refractivity (Wildman–Crippen MR) is 83.6 cm³/mol. The molecule has 1 amide bonds. The van der Waals surface area contributed by atoms with Gasteiger partial charge in [0.2, 0.25) is 5.91 Å². The molecule has 1 aromatic carbocycles. The number of hydrogen-bond donors (Lipinski definition) is 1. The molecular weight excluding hydrogens is 302 g/mol. The number of hydrogen-bond acceptors (Lipinski definition) is 1. The Morgan fingerprint density at radius 3 is 2.58 bits per heavy atom. The third-order valence-corrected chi connectivity index (χ3v) is 4.85. The van der Waals surface area contributed by atoms with Crippen LogP contribution in [0.4, 0.5) is 5.69 Å². The lowest BCUT2D eigenvalue weighted by atomic mass is 9.82. The molecule has 0 saturated heterocycles. The maximum atomic E-state index is 12.6. The van der Waals surface area contributed by atoms with E-state index in [1.165, 1.54) is 12.8 Å². The summed E-state index contributed by atoms with van der Waals surface area (Å²) >= 11 is 3.59. The fourth-order valence-corrected chi connectivity index (χ4v) is 3.40. The van der Waals surface area contributed by atoms with Crippen LogP contribution in [-0.4, -0.2) is 5.91 Å². The molecule has 104 valence electrons. The van der Waals surface area contributed by atoms with Crippen molar-refractivity contribution in [1.29, 1.82) is 0 Å². The van der Waals surface area contributed by atoms with Gasteiger partial charge < -0.3 is 5.32 Å². The molecule has 1 saturated carbocycles. The molecule has 1 aliphatic carbocycles. The number of carbonyl (C=O) groups is 1. The zero-order valence-electron chi connectivity index (χ0n) is 11.7. The second-order valence-electron chi connectivity index (χ2n) is 5.50. The van der Waals surface area contributed by atoms with Crippen molar-refractivity contribution in [3.63, 3.8) is 0 Å². The number of amides is 1. The van der Waals surface area contributed by atoms with Crippen molar-refractivity contribution >= 4 is 27.5 Å². The van der Waals surface area contributed by atoms with Crippen LogP contribution in [0, 0.1) is 5.41 Å². The number of rotatable bonds is 4. The summed E-state index contributed by atoms with van der Waals surface area (Å²) < 4.78 is 0. The molecule has 2 nitrogen and oxygen atoms in total. The first-order valence-electron chi connectivity index (χ1n) is 7.13. The number of anilines is 1. The molecule has 0 radical (unpaired) electrons. The van der Waals surface area contributed by atoms with Gasteiger partial charge in [-0.3, -0.25) is 4.79 Å². The smallest absolute Gasteiger partial charge is 0.230 e. The van der Waals surface area contributed by atoms with E-state index in [0.717, 1.165) is 30.5 Å². The second kappa shape index (κ2) is 6.08. The highest BCUT2D eigenvalue weighted by molar-refractivity contribution is 9.09. The van der Waals surface area contributed by atoms with E-state index in [0.29, 0.717) is 0 Å². The Morgan fingerprint density at radius 2 is 2.00 bits per heavy atom. The minimum Gasteiger partial charge on any atom is -0.325 e. The number of nitrogens with one attached hydrogen (secondary N) is 1. The average Bonchev–Trinajstić information content (AvgIpc) is 2.89. The molecule has 1 atom stereocenters. The van der Waals surface area contributed by atoms with Gasteiger partial charge in [-0.05, 0) is 37.8 Å². The largest absolute Gasteiger partial charge is 0.325 e. The van der Waals surface area contributed by atoms with Crippen molar-refractivity contribution in [1.82, 2.24) is 0 Å². The molecule has 0 heterocycles. The van der Waals surface area contributed by atoms with Crippen LogP contribution in [0.1, 0.15) is 56.3 Å². The Hall–Kier alpha value is -0.830. The first-order valence-corrected chi connectivity index (χ1v) is 8.05. The summed E-state index contributed by atoms with van der Waals surface area (Å²) in [7, 11) is 0. The molecule has 0 spiro atoms. The lowest BCUT2D eigenvalue weighted by molar-refractivity contribution is -0.125. The van der Waals surface area contributed by atoms with Crippen LogP contribution in [0.3, 0.4) is 0 Å². The molecule has 1 fully saturated rings. The molecule has 1 unspecified atom stereocenters. The molecule has 1 aromatic rings. The zero-order chi connectivity index (χ0) is 13.9. The summed E-state index contributed by atoms with van der Waals surface area (Å²) in [5, 5.41) is 3.16. The van der Waals surface area contributed by atoms with Crippen molar-refractivity contribution in [2.75, 3.05) is 5.32 Å². The first-order chi connectivity index (χ1) is 9.09. The SMILES string of the molecule is CCC1(C(=O)Nc2ccccc2C(C)Br)CCCC1. The highest BCUT2D eigenvalue weighted by Gasteiger charge is 2.39. The third-order valence-electron chi connectivity index (χ3n) is 4.36. The Kier molecular flexibility index (Phi) is 4.67. The molecule has 0 bridgehead atoms. The van der Waals surface area contributed by atoms with E-state index >= 15 is 0 Å². The van der Waals surface area contributed by atoms with Gasteiger partial charge in [0, 0.05) is 15.9 Å². The van der Waals surface area contributed by atoms with Crippen LogP contribution in [-0.2, 0) is 4.79 Å². The summed E-state index contributed by atoms with van der Waals surface area (Å²) in [6, 6.07) is 8.03. The Balaban J connectivity index is 2.19.